The topological polar surface area (TPSA) is 27.0 Å². The molecule has 0 N–H and O–H groups in total. The first-order valence-electron chi connectivity index (χ1n) is 6.41. The van der Waals surface area contributed by atoms with Gasteiger partial charge in [0.15, 0.2) is 0 Å². The van der Waals surface area contributed by atoms with Gasteiger partial charge in [0.2, 0.25) is 0 Å². The third-order valence-electron chi connectivity index (χ3n) is 4.10. The predicted octanol–water partition coefficient (Wildman–Crippen LogP) is 4.11. The van der Waals surface area contributed by atoms with Crippen LogP contribution in [-0.2, 0) is 0 Å². The van der Waals surface area contributed by atoms with E-state index in [0.717, 1.165) is 30.2 Å². The third kappa shape index (κ3) is 2.62. The van der Waals surface area contributed by atoms with E-state index < -0.39 is 0 Å². The highest BCUT2D eigenvalue weighted by atomic mass is 35.5. The number of halogens is 1. The van der Waals surface area contributed by atoms with Crippen LogP contribution in [0.3, 0.4) is 0 Å². The van der Waals surface area contributed by atoms with Gasteiger partial charge in [-0.15, -0.1) is 0 Å². The molecular weight excluding hydrogens is 244 g/mol. The molecule has 0 spiro atoms. The number of hydrogen-bond acceptors (Lipinski definition) is 2. The Kier molecular flexibility index (Phi) is 3.82. The van der Waals surface area contributed by atoms with E-state index in [9.17, 15) is 0 Å². The lowest BCUT2D eigenvalue weighted by atomic mass is 9.72. The minimum absolute atomic E-state index is 0.244. The minimum Gasteiger partial charge on any atom is -0.370 e. The lowest BCUT2D eigenvalue weighted by Crippen LogP contribution is -2.44. The van der Waals surface area contributed by atoms with Crippen LogP contribution in [0.5, 0.6) is 0 Å². The van der Waals surface area contributed by atoms with Gasteiger partial charge >= 0.3 is 0 Å². The summed E-state index contributed by atoms with van der Waals surface area (Å²) in [6, 6.07) is 10.3. The van der Waals surface area contributed by atoms with Gasteiger partial charge in [-0.2, -0.15) is 5.26 Å². The Morgan fingerprint density at radius 1 is 1.44 bits per heavy atom. The molecular formula is C15H19ClN2. The number of piperidine rings is 1. The highest BCUT2D eigenvalue weighted by Gasteiger charge is 2.35. The second kappa shape index (κ2) is 5.20. The first kappa shape index (κ1) is 13.2. The van der Waals surface area contributed by atoms with Crippen molar-refractivity contribution in [2.24, 2.45) is 11.3 Å². The molecule has 1 saturated heterocycles. The summed E-state index contributed by atoms with van der Waals surface area (Å²) in [6.07, 6.45) is 1.72. The Balaban J connectivity index is 2.19. The van der Waals surface area contributed by atoms with Gasteiger partial charge in [-0.05, 0) is 29.9 Å². The van der Waals surface area contributed by atoms with Gasteiger partial charge in [-0.1, -0.05) is 37.6 Å². The Bertz CT molecular complexity index is 462. The van der Waals surface area contributed by atoms with E-state index >= 15 is 0 Å². The van der Waals surface area contributed by atoms with Crippen molar-refractivity contribution in [3.8, 4) is 6.07 Å². The van der Waals surface area contributed by atoms with Crippen LogP contribution in [0, 0.1) is 22.7 Å². The van der Waals surface area contributed by atoms with Crippen molar-refractivity contribution >= 4 is 17.3 Å². The number of hydrogen-bond donors (Lipinski definition) is 0. The van der Waals surface area contributed by atoms with E-state index in [0.29, 0.717) is 12.3 Å². The van der Waals surface area contributed by atoms with Crippen LogP contribution >= 0.6 is 11.6 Å². The van der Waals surface area contributed by atoms with Crippen molar-refractivity contribution in [2.75, 3.05) is 18.0 Å². The third-order valence-corrected chi connectivity index (χ3v) is 4.42. The molecule has 0 saturated carbocycles. The SMILES string of the molecule is CC1(C)CCN(c2ccccc2Cl)CC1CC#N. The van der Waals surface area contributed by atoms with Crippen LogP contribution in [-0.4, -0.2) is 13.1 Å². The summed E-state index contributed by atoms with van der Waals surface area (Å²) in [4.78, 5) is 2.32. The highest BCUT2D eigenvalue weighted by Crippen LogP contribution is 2.40. The molecule has 0 aromatic heterocycles. The molecule has 1 aliphatic rings. The first-order valence-corrected chi connectivity index (χ1v) is 6.79. The van der Waals surface area contributed by atoms with Gasteiger partial charge < -0.3 is 4.90 Å². The maximum atomic E-state index is 8.97. The summed E-state index contributed by atoms with van der Waals surface area (Å²) in [5.41, 5.74) is 1.34. The van der Waals surface area contributed by atoms with Gasteiger partial charge in [-0.25, -0.2) is 0 Å². The Labute approximate surface area is 114 Å². The molecule has 0 radical (unpaired) electrons. The lowest BCUT2D eigenvalue weighted by molar-refractivity contribution is 0.174. The average molecular weight is 263 g/mol. The number of benzene rings is 1. The van der Waals surface area contributed by atoms with Crippen molar-refractivity contribution in [3.05, 3.63) is 29.3 Å². The van der Waals surface area contributed by atoms with Gasteiger partial charge in [0.05, 0.1) is 16.8 Å². The maximum absolute atomic E-state index is 8.97. The number of para-hydroxylation sites is 1. The molecule has 1 aromatic rings. The monoisotopic (exact) mass is 262 g/mol. The fourth-order valence-corrected chi connectivity index (χ4v) is 2.86. The van der Waals surface area contributed by atoms with E-state index in [1.165, 1.54) is 0 Å². The van der Waals surface area contributed by atoms with Crippen molar-refractivity contribution in [1.82, 2.24) is 0 Å². The molecule has 0 bridgehead atoms. The molecule has 2 nitrogen and oxygen atoms in total. The quantitative estimate of drug-likeness (QED) is 0.802. The highest BCUT2D eigenvalue weighted by molar-refractivity contribution is 6.33. The smallest absolute Gasteiger partial charge is 0.0639 e. The maximum Gasteiger partial charge on any atom is 0.0639 e. The minimum atomic E-state index is 0.244. The number of anilines is 1. The van der Waals surface area contributed by atoms with E-state index in [1.807, 2.05) is 18.2 Å². The van der Waals surface area contributed by atoms with Crippen LogP contribution < -0.4 is 4.90 Å². The molecule has 2 rings (SSSR count). The van der Waals surface area contributed by atoms with Crippen LogP contribution in [0.1, 0.15) is 26.7 Å². The standard InChI is InChI=1S/C15H19ClN2/c1-15(2)8-10-18(11-12(15)7-9-17)14-6-4-3-5-13(14)16/h3-6,12H,7-8,10-11H2,1-2H3. The zero-order valence-corrected chi connectivity index (χ0v) is 11.7. The zero-order chi connectivity index (χ0) is 13.2. The molecule has 0 aliphatic carbocycles. The molecule has 1 fully saturated rings. The molecule has 1 unspecified atom stereocenters. The van der Waals surface area contributed by atoms with Gasteiger partial charge in [-0.3, -0.25) is 0 Å². The molecule has 96 valence electrons. The van der Waals surface area contributed by atoms with E-state index in [1.54, 1.807) is 0 Å². The van der Waals surface area contributed by atoms with E-state index in [2.05, 4.69) is 30.9 Å². The van der Waals surface area contributed by atoms with Crippen molar-refractivity contribution in [1.29, 1.82) is 5.26 Å². The molecule has 0 amide bonds. The average Bonchev–Trinajstić information content (AvgIpc) is 2.33. The van der Waals surface area contributed by atoms with Gasteiger partial charge in [0.1, 0.15) is 0 Å². The van der Waals surface area contributed by atoms with Crippen LogP contribution in [0.2, 0.25) is 5.02 Å². The second-order valence-corrected chi connectivity index (χ2v) is 6.10. The molecule has 1 aromatic carbocycles. The number of nitrogens with zero attached hydrogens (tertiary/aromatic N) is 2. The van der Waals surface area contributed by atoms with Crippen molar-refractivity contribution in [2.45, 2.75) is 26.7 Å². The molecule has 1 heterocycles. The number of rotatable bonds is 2. The zero-order valence-electron chi connectivity index (χ0n) is 11.0. The number of nitriles is 1. The van der Waals surface area contributed by atoms with Crippen LogP contribution in [0.15, 0.2) is 24.3 Å². The van der Waals surface area contributed by atoms with Crippen molar-refractivity contribution in [3.63, 3.8) is 0 Å². The summed E-state index contributed by atoms with van der Waals surface area (Å²) in [7, 11) is 0. The first-order chi connectivity index (χ1) is 8.54. The molecule has 1 atom stereocenters. The summed E-state index contributed by atoms with van der Waals surface area (Å²) in [5, 5.41) is 9.77. The molecule has 18 heavy (non-hydrogen) atoms. The van der Waals surface area contributed by atoms with Crippen LogP contribution in [0.25, 0.3) is 0 Å². The summed E-state index contributed by atoms with van der Waals surface area (Å²) >= 11 is 6.25. The lowest BCUT2D eigenvalue weighted by Gasteiger charge is -2.44. The summed E-state index contributed by atoms with van der Waals surface area (Å²) in [6.45, 7) is 6.46. The van der Waals surface area contributed by atoms with E-state index in [4.69, 9.17) is 16.9 Å². The Morgan fingerprint density at radius 2 is 2.17 bits per heavy atom. The molecule has 3 heteroatoms. The van der Waals surface area contributed by atoms with E-state index in [-0.39, 0.29) is 5.41 Å². The molecule has 1 aliphatic heterocycles. The van der Waals surface area contributed by atoms with Gasteiger partial charge in [0, 0.05) is 19.5 Å². The summed E-state index contributed by atoms with van der Waals surface area (Å²) < 4.78 is 0. The fourth-order valence-electron chi connectivity index (χ4n) is 2.61. The largest absolute Gasteiger partial charge is 0.370 e. The predicted molar refractivity (Wildman–Crippen MR) is 75.8 cm³/mol. The van der Waals surface area contributed by atoms with Gasteiger partial charge in [0.25, 0.3) is 0 Å². The second-order valence-electron chi connectivity index (χ2n) is 5.70. The van der Waals surface area contributed by atoms with Crippen LogP contribution in [0.4, 0.5) is 5.69 Å². The Morgan fingerprint density at radius 3 is 2.83 bits per heavy atom. The fraction of sp³-hybridized carbons (Fsp3) is 0.533. The van der Waals surface area contributed by atoms with Crippen molar-refractivity contribution < 1.29 is 0 Å². The normalized spacial score (nSPS) is 22.6. The Hall–Kier alpha value is -1.20. The summed E-state index contributed by atoms with van der Waals surface area (Å²) in [5.74, 6) is 0.410.